The zero-order chi connectivity index (χ0) is 17.3. The summed E-state index contributed by atoms with van der Waals surface area (Å²) in [6, 6.07) is 0. The van der Waals surface area contributed by atoms with Gasteiger partial charge in [0.05, 0.1) is 13.2 Å². The minimum atomic E-state index is -0.831. The number of hydrogen-bond acceptors (Lipinski definition) is 6. The molecule has 0 aromatic rings. The molecule has 0 bridgehead atoms. The summed E-state index contributed by atoms with van der Waals surface area (Å²) in [7, 11) is 0. The number of ketones is 2. The van der Waals surface area contributed by atoms with Crippen LogP contribution in [0.3, 0.4) is 0 Å². The molecule has 22 heavy (non-hydrogen) atoms. The normalized spacial score (nSPS) is 11.7. The van der Waals surface area contributed by atoms with Crippen molar-refractivity contribution in [3.63, 3.8) is 0 Å². The summed E-state index contributed by atoms with van der Waals surface area (Å²) in [5.41, 5.74) is -0.237. The molecule has 6 nitrogen and oxygen atoms in total. The predicted molar refractivity (Wildman–Crippen MR) is 80.1 cm³/mol. The molecule has 0 unspecified atom stereocenters. The summed E-state index contributed by atoms with van der Waals surface area (Å²) in [4.78, 5) is 47.5. The van der Waals surface area contributed by atoms with E-state index >= 15 is 0 Å². The molecule has 6 heteroatoms. The van der Waals surface area contributed by atoms with Crippen LogP contribution in [0.25, 0.3) is 0 Å². The van der Waals surface area contributed by atoms with Gasteiger partial charge in [0.2, 0.25) is 0 Å². The van der Waals surface area contributed by atoms with Crippen LogP contribution < -0.4 is 0 Å². The molecule has 0 radical (unpaired) electrons. The molecule has 0 spiro atoms. The summed E-state index contributed by atoms with van der Waals surface area (Å²) in [6.07, 6.45) is -0.0958. The minimum Gasteiger partial charge on any atom is -0.466 e. The van der Waals surface area contributed by atoms with E-state index in [0.717, 1.165) is 0 Å². The van der Waals surface area contributed by atoms with Crippen molar-refractivity contribution in [1.29, 1.82) is 0 Å². The van der Waals surface area contributed by atoms with Gasteiger partial charge in [-0.05, 0) is 27.2 Å². The Morgan fingerprint density at radius 1 is 0.909 bits per heavy atom. The van der Waals surface area contributed by atoms with Crippen molar-refractivity contribution in [2.24, 2.45) is 5.92 Å². The van der Waals surface area contributed by atoms with Crippen LogP contribution in [0.5, 0.6) is 0 Å². The highest BCUT2D eigenvalue weighted by atomic mass is 16.5. The van der Waals surface area contributed by atoms with Crippen molar-refractivity contribution in [3.05, 3.63) is 11.1 Å². The molecule has 0 aliphatic carbocycles. The van der Waals surface area contributed by atoms with Gasteiger partial charge >= 0.3 is 11.9 Å². The number of ether oxygens (including phenoxy) is 2. The Morgan fingerprint density at radius 3 is 1.86 bits per heavy atom. The van der Waals surface area contributed by atoms with Crippen LogP contribution in [-0.4, -0.2) is 36.7 Å². The molecule has 0 N–H and O–H groups in total. The summed E-state index contributed by atoms with van der Waals surface area (Å²) >= 11 is 0. The van der Waals surface area contributed by atoms with Gasteiger partial charge in [0, 0.05) is 17.9 Å². The fourth-order valence-corrected chi connectivity index (χ4v) is 1.86. The van der Waals surface area contributed by atoms with Gasteiger partial charge in [0.25, 0.3) is 0 Å². The Hall–Kier alpha value is -1.98. The zero-order valence-electron chi connectivity index (χ0n) is 13.9. The van der Waals surface area contributed by atoms with E-state index in [-0.39, 0.29) is 43.0 Å². The minimum absolute atomic E-state index is 0.0242. The van der Waals surface area contributed by atoms with E-state index in [4.69, 9.17) is 9.47 Å². The second-order valence-corrected chi connectivity index (χ2v) is 4.95. The lowest BCUT2D eigenvalue weighted by molar-refractivity contribution is -0.143. The second-order valence-electron chi connectivity index (χ2n) is 4.95. The molecule has 0 aromatic carbocycles. The first-order valence-corrected chi connectivity index (χ1v) is 7.37. The number of rotatable bonds is 9. The van der Waals surface area contributed by atoms with E-state index < -0.39 is 23.6 Å². The van der Waals surface area contributed by atoms with Gasteiger partial charge in [0.15, 0.2) is 11.6 Å². The lowest BCUT2D eigenvalue weighted by Gasteiger charge is -2.13. The summed E-state index contributed by atoms with van der Waals surface area (Å²) in [5, 5.41) is 0. The zero-order valence-corrected chi connectivity index (χ0v) is 13.9. The maximum absolute atomic E-state index is 12.3. The van der Waals surface area contributed by atoms with Gasteiger partial charge in [-0.2, -0.15) is 0 Å². The third kappa shape index (κ3) is 6.20. The molecule has 0 heterocycles. The highest BCUT2D eigenvalue weighted by Crippen LogP contribution is 2.20. The fourth-order valence-electron chi connectivity index (χ4n) is 1.86. The Bertz CT molecular complexity index is 473. The molecule has 0 fully saturated rings. The van der Waals surface area contributed by atoms with Crippen LogP contribution in [0.2, 0.25) is 0 Å². The van der Waals surface area contributed by atoms with Crippen LogP contribution >= 0.6 is 0 Å². The van der Waals surface area contributed by atoms with Gasteiger partial charge in [-0.25, -0.2) is 4.79 Å². The first kappa shape index (κ1) is 20.0. The number of carbonyl (C=O) groups is 4. The maximum atomic E-state index is 12.3. The lowest BCUT2D eigenvalue weighted by Crippen LogP contribution is -2.22. The molecule has 0 aromatic heterocycles. The van der Waals surface area contributed by atoms with E-state index in [1.807, 2.05) is 0 Å². The van der Waals surface area contributed by atoms with Gasteiger partial charge in [-0.1, -0.05) is 13.8 Å². The molecule has 0 amide bonds. The number of hydrogen-bond donors (Lipinski definition) is 0. The number of carbonyl (C=O) groups excluding carboxylic acids is 4. The maximum Gasteiger partial charge on any atom is 0.342 e. The predicted octanol–water partition coefficient (Wildman–Crippen LogP) is 2.00. The van der Waals surface area contributed by atoms with Crippen LogP contribution in [0.4, 0.5) is 0 Å². The van der Waals surface area contributed by atoms with E-state index in [9.17, 15) is 19.2 Å². The Balaban J connectivity index is 5.61. The van der Waals surface area contributed by atoms with Gasteiger partial charge in [-0.15, -0.1) is 0 Å². The molecule has 0 saturated carbocycles. The Morgan fingerprint density at radius 2 is 1.45 bits per heavy atom. The molecular weight excluding hydrogens is 288 g/mol. The molecule has 0 aliphatic heterocycles. The molecular formula is C16H24O6. The Kier molecular flexibility index (Phi) is 8.98. The van der Waals surface area contributed by atoms with Crippen molar-refractivity contribution in [1.82, 2.24) is 0 Å². The monoisotopic (exact) mass is 312 g/mol. The number of esters is 2. The largest absolute Gasteiger partial charge is 0.466 e. The third-order valence-corrected chi connectivity index (χ3v) is 2.84. The first-order chi connectivity index (χ1) is 10.3. The highest BCUT2D eigenvalue weighted by Gasteiger charge is 2.27. The van der Waals surface area contributed by atoms with Gasteiger partial charge < -0.3 is 9.47 Å². The van der Waals surface area contributed by atoms with Crippen LogP contribution in [0.15, 0.2) is 11.1 Å². The highest BCUT2D eigenvalue weighted by molar-refractivity contribution is 6.21. The topological polar surface area (TPSA) is 86.7 Å². The summed E-state index contributed by atoms with van der Waals surface area (Å²) < 4.78 is 9.65. The quantitative estimate of drug-likeness (QED) is 0.280. The number of Topliss-reactive ketones (excluding diaryl/α,β-unsaturated/α-hetero) is 2. The second kappa shape index (κ2) is 9.87. The number of allylic oxidation sites excluding steroid dienone is 1. The van der Waals surface area contributed by atoms with E-state index in [2.05, 4.69) is 0 Å². The SMILES string of the molecule is CCOC(=O)CC/C(C(=O)C(C)C)=C(/C(C)=O)C(=O)OCC. The molecule has 0 saturated heterocycles. The fraction of sp³-hybridized carbons (Fsp3) is 0.625. The van der Waals surface area contributed by atoms with Crippen LogP contribution in [0, 0.1) is 5.92 Å². The van der Waals surface area contributed by atoms with E-state index in [1.54, 1.807) is 27.7 Å². The standard InChI is InChI=1S/C16H24O6/c1-6-21-13(18)9-8-12(15(19)10(3)4)14(11(5)17)16(20)22-7-2/h10H,6-9H2,1-5H3/b14-12+. The summed E-state index contributed by atoms with van der Waals surface area (Å²) in [5.74, 6) is -2.61. The van der Waals surface area contributed by atoms with E-state index in [1.165, 1.54) is 6.92 Å². The van der Waals surface area contributed by atoms with Crippen LogP contribution in [0.1, 0.15) is 47.5 Å². The molecule has 0 rings (SSSR count). The van der Waals surface area contributed by atoms with Crippen molar-refractivity contribution in [2.75, 3.05) is 13.2 Å². The molecule has 124 valence electrons. The van der Waals surface area contributed by atoms with Crippen molar-refractivity contribution in [3.8, 4) is 0 Å². The van der Waals surface area contributed by atoms with Gasteiger partial charge in [0.1, 0.15) is 5.57 Å². The van der Waals surface area contributed by atoms with Crippen molar-refractivity contribution in [2.45, 2.75) is 47.5 Å². The van der Waals surface area contributed by atoms with Crippen molar-refractivity contribution >= 4 is 23.5 Å². The summed E-state index contributed by atoms with van der Waals surface area (Å²) in [6.45, 7) is 8.13. The third-order valence-electron chi connectivity index (χ3n) is 2.84. The van der Waals surface area contributed by atoms with Gasteiger partial charge in [-0.3, -0.25) is 14.4 Å². The first-order valence-electron chi connectivity index (χ1n) is 7.37. The van der Waals surface area contributed by atoms with E-state index in [0.29, 0.717) is 0 Å². The Labute approximate surface area is 130 Å². The van der Waals surface area contributed by atoms with Crippen molar-refractivity contribution < 1.29 is 28.7 Å². The smallest absolute Gasteiger partial charge is 0.342 e. The molecule has 0 atom stereocenters. The molecule has 0 aliphatic rings. The average molecular weight is 312 g/mol. The lowest BCUT2D eigenvalue weighted by atomic mass is 9.91. The average Bonchev–Trinajstić information content (AvgIpc) is 2.42. The van der Waals surface area contributed by atoms with Crippen LogP contribution in [-0.2, 0) is 28.7 Å².